The molecule has 0 radical (unpaired) electrons. The molecule has 0 saturated carbocycles. The lowest BCUT2D eigenvalue weighted by Crippen LogP contribution is -2.42. The maximum absolute atomic E-state index is 13.4. The van der Waals surface area contributed by atoms with Crippen molar-refractivity contribution in [2.75, 3.05) is 42.9 Å². The van der Waals surface area contributed by atoms with E-state index >= 15 is 0 Å². The van der Waals surface area contributed by atoms with E-state index in [1.165, 1.54) is 12.4 Å². The zero-order valence-corrected chi connectivity index (χ0v) is 20.1. The lowest BCUT2D eigenvalue weighted by Gasteiger charge is -2.28. The SMILES string of the molecule is O=S(=O)(CCN1CCOCC1)N(Cc1ncc(-c2nnc(C(F)F)o2)s1)c1cncc(OC(F)F)c1. The number of ether oxygens (including phenoxy) is 2. The summed E-state index contributed by atoms with van der Waals surface area (Å²) in [5, 5.41) is 7.08. The predicted octanol–water partition coefficient (Wildman–Crippen LogP) is 2.80. The van der Waals surface area contributed by atoms with Gasteiger partial charge in [-0.05, 0) is 0 Å². The fraction of sp³-hybridized carbons (Fsp3) is 0.474. The topological polar surface area (TPSA) is 124 Å². The molecule has 0 unspecified atom stereocenters. The average Bonchev–Trinajstić information content (AvgIpc) is 3.52. The Morgan fingerprint density at radius 3 is 2.61 bits per heavy atom. The van der Waals surface area contributed by atoms with Gasteiger partial charge in [0.1, 0.15) is 15.6 Å². The highest BCUT2D eigenvalue weighted by Crippen LogP contribution is 2.31. The standard InChI is InChI=1S/C19H20F4N6O5S2/c20-16(21)18-27-26-17(34-18)14-10-25-15(35-14)11-29(12-7-13(9-24-8-12)33-19(22)23)36(30,31)6-3-28-1-4-32-5-2-28/h7-10,16,19H,1-6,11H2. The molecular weight excluding hydrogens is 532 g/mol. The van der Waals surface area contributed by atoms with Gasteiger partial charge in [-0.2, -0.15) is 17.6 Å². The summed E-state index contributed by atoms with van der Waals surface area (Å²) in [6.45, 7) is -1.04. The van der Waals surface area contributed by atoms with Gasteiger partial charge in [0.25, 0.3) is 11.8 Å². The second kappa shape index (κ2) is 11.4. The molecule has 4 heterocycles. The minimum absolute atomic E-state index is 0.00958. The molecule has 11 nitrogen and oxygen atoms in total. The van der Waals surface area contributed by atoms with Gasteiger partial charge >= 0.3 is 13.0 Å². The van der Waals surface area contributed by atoms with Crippen molar-refractivity contribution in [1.29, 1.82) is 0 Å². The molecule has 196 valence electrons. The van der Waals surface area contributed by atoms with Crippen LogP contribution in [0.4, 0.5) is 23.2 Å². The molecule has 0 amide bonds. The third kappa shape index (κ3) is 6.65. The summed E-state index contributed by atoms with van der Waals surface area (Å²) >= 11 is 0.954. The van der Waals surface area contributed by atoms with Crippen molar-refractivity contribution in [2.45, 2.75) is 19.6 Å². The number of alkyl halides is 4. The Morgan fingerprint density at radius 2 is 1.92 bits per heavy atom. The summed E-state index contributed by atoms with van der Waals surface area (Å²) in [6.07, 6.45) is 0.578. The fourth-order valence-electron chi connectivity index (χ4n) is 3.27. The molecule has 0 aromatic carbocycles. The number of rotatable bonds is 11. The number of pyridine rings is 1. The van der Waals surface area contributed by atoms with E-state index in [2.05, 4.69) is 24.9 Å². The van der Waals surface area contributed by atoms with Crippen LogP contribution < -0.4 is 9.04 Å². The first-order valence-corrected chi connectivity index (χ1v) is 12.9. The van der Waals surface area contributed by atoms with Crippen molar-refractivity contribution in [3.63, 3.8) is 0 Å². The lowest BCUT2D eigenvalue weighted by molar-refractivity contribution is -0.0500. The monoisotopic (exact) mass is 552 g/mol. The van der Waals surface area contributed by atoms with Gasteiger partial charge in [-0.15, -0.1) is 21.5 Å². The minimum Gasteiger partial charge on any atom is -0.433 e. The molecule has 17 heteroatoms. The molecule has 3 aromatic heterocycles. The second-order valence-electron chi connectivity index (χ2n) is 7.40. The van der Waals surface area contributed by atoms with Gasteiger partial charge in [-0.1, -0.05) is 0 Å². The van der Waals surface area contributed by atoms with E-state index in [1.807, 2.05) is 4.90 Å². The maximum atomic E-state index is 13.4. The first-order valence-electron chi connectivity index (χ1n) is 10.5. The number of hydrogen-bond acceptors (Lipinski definition) is 11. The van der Waals surface area contributed by atoms with Crippen LogP contribution in [0.3, 0.4) is 0 Å². The van der Waals surface area contributed by atoms with E-state index in [1.54, 1.807) is 0 Å². The highest BCUT2D eigenvalue weighted by atomic mass is 32.2. The van der Waals surface area contributed by atoms with Gasteiger partial charge < -0.3 is 13.9 Å². The normalized spacial score (nSPS) is 15.1. The maximum Gasteiger partial charge on any atom is 0.387 e. The van der Waals surface area contributed by atoms with E-state index in [9.17, 15) is 26.0 Å². The predicted molar refractivity (Wildman–Crippen MR) is 118 cm³/mol. The lowest BCUT2D eigenvalue weighted by atomic mass is 10.4. The number of aromatic nitrogens is 4. The summed E-state index contributed by atoms with van der Waals surface area (Å²) in [5.74, 6) is -1.63. The van der Waals surface area contributed by atoms with Gasteiger partial charge in [0.05, 0.1) is 49.8 Å². The summed E-state index contributed by atoms with van der Waals surface area (Å²) < 4.78 is 93.2. The van der Waals surface area contributed by atoms with E-state index in [0.717, 1.165) is 27.9 Å². The van der Waals surface area contributed by atoms with Crippen LogP contribution in [0.25, 0.3) is 10.8 Å². The molecule has 0 N–H and O–H groups in total. The number of halogens is 4. The van der Waals surface area contributed by atoms with Crippen molar-refractivity contribution in [3.8, 4) is 16.5 Å². The first-order chi connectivity index (χ1) is 17.2. The Labute approximate surface area is 206 Å². The van der Waals surface area contributed by atoms with Crippen molar-refractivity contribution in [2.24, 2.45) is 0 Å². The number of hydrogen-bond donors (Lipinski definition) is 0. The fourth-order valence-corrected chi connectivity index (χ4v) is 5.63. The molecule has 1 fully saturated rings. The molecule has 0 aliphatic carbocycles. The molecule has 0 spiro atoms. The molecule has 1 aliphatic rings. The Hall–Kier alpha value is -2.89. The van der Waals surface area contributed by atoms with Crippen LogP contribution in [0, 0.1) is 0 Å². The molecule has 0 atom stereocenters. The largest absolute Gasteiger partial charge is 0.433 e. The summed E-state index contributed by atoms with van der Waals surface area (Å²) in [6, 6.07) is 1.13. The van der Waals surface area contributed by atoms with E-state index < -0.39 is 29.0 Å². The number of morpholine rings is 1. The van der Waals surface area contributed by atoms with Gasteiger partial charge in [0.2, 0.25) is 10.0 Å². The number of anilines is 1. The van der Waals surface area contributed by atoms with Gasteiger partial charge in [0, 0.05) is 25.7 Å². The van der Waals surface area contributed by atoms with Crippen molar-refractivity contribution in [3.05, 3.63) is 35.6 Å². The molecule has 1 aliphatic heterocycles. The number of nitrogens with zero attached hydrogens (tertiary/aromatic N) is 6. The molecule has 0 bridgehead atoms. The highest BCUT2D eigenvalue weighted by molar-refractivity contribution is 7.92. The zero-order valence-electron chi connectivity index (χ0n) is 18.5. The van der Waals surface area contributed by atoms with Gasteiger partial charge in [0.15, 0.2) is 0 Å². The van der Waals surface area contributed by atoms with Crippen LogP contribution in [-0.2, 0) is 21.3 Å². The van der Waals surface area contributed by atoms with Crippen LogP contribution in [0.2, 0.25) is 0 Å². The van der Waals surface area contributed by atoms with Crippen molar-refractivity contribution < 1.29 is 39.9 Å². The zero-order chi connectivity index (χ0) is 25.7. The summed E-state index contributed by atoms with van der Waals surface area (Å²) in [4.78, 5) is 10.2. The number of thiazole rings is 1. The van der Waals surface area contributed by atoms with Crippen LogP contribution in [0.5, 0.6) is 5.75 Å². The van der Waals surface area contributed by atoms with E-state index in [0.29, 0.717) is 26.3 Å². The molecule has 3 aromatic rings. The molecule has 4 rings (SSSR count). The Kier molecular flexibility index (Phi) is 8.32. The Morgan fingerprint density at radius 1 is 1.14 bits per heavy atom. The third-order valence-corrected chi connectivity index (χ3v) is 7.67. The molecular formula is C19H20F4N6O5S2. The van der Waals surface area contributed by atoms with Gasteiger partial charge in [-0.3, -0.25) is 14.2 Å². The van der Waals surface area contributed by atoms with Crippen LogP contribution in [-0.4, -0.2) is 78.7 Å². The average molecular weight is 553 g/mol. The van der Waals surface area contributed by atoms with Crippen LogP contribution >= 0.6 is 11.3 Å². The second-order valence-corrected chi connectivity index (χ2v) is 10.5. The Balaban J connectivity index is 1.58. The van der Waals surface area contributed by atoms with E-state index in [4.69, 9.17) is 9.15 Å². The molecule has 36 heavy (non-hydrogen) atoms. The quantitative estimate of drug-likeness (QED) is 0.328. The van der Waals surface area contributed by atoms with Crippen molar-refractivity contribution >= 4 is 27.0 Å². The summed E-state index contributed by atoms with van der Waals surface area (Å²) in [5.41, 5.74) is -0.00958. The van der Waals surface area contributed by atoms with E-state index in [-0.39, 0.29) is 46.1 Å². The minimum atomic E-state index is -4.00. The van der Waals surface area contributed by atoms with Crippen molar-refractivity contribution in [1.82, 2.24) is 25.1 Å². The third-order valence-electron chi connectivity index (χ3n) is 4.99. The highest BCUT2D eigenvalue weighted by Gasteiger charge is 2.27. The number of sulfonamides is 1. The summed E-state index contributed by atoms with van der Waals surface area (Å²) in [7, 11) is -4.00. The van der Waals surface area contributed by atoms with Crippen LogP contribution in [0.1, 0.15) is 17.3 Å². The first kappa shape index (κ1) is 26.2. The molecule has 1 saturated heterocycles. The van der Waals surface area contributed by atoms with Gasteiger partial charge in [-0.25, -0.2) is 13.4 Å². The van der Waals surface area contributed by atoms with Crippen LogP contribution in [0.15, 0.2) is 29.1 Å². The smallest absolute Gasteiger partial charge is 0.387 e. The Bertz CT molecular complexity index is 1250.